The summed E-state index contributed by atoms with van der Waals surface area (Å²) in [5.41, 5.74) is -0.901. The van der Waals surface area contributed by atoms with Gasteiger partial charge in [-0.25, -0.2) is 4.98 Å². The Morgan fingerprint density at radius 1 is 1.55 bits per heavy atom. The molecule has 3 nitrogen and oxygen atoms in total. The van der Waals surface area contributed by atoms with Crippen LogP contribution in [0, 0.1) is 0 Å². The third kappa shape index (κ3) is 4.02. The van der Waals surface area contributed by atoms with Crippen LogP contribution in [0.3, 0.4) is 0 Å². The highest BCUT2D eigenvalue weighted by molar-refractivity contribution is 8.00. The van der Waals surface area contributed by atoms with Gasteiger partial charge in [-0.2, -0.15) is 13.2 Å². The Labute approximate surface area is 123 Å². The van der Waals surface area contributed by atoms with Crippen molar-refractivity contribution in [1.82, 2.24) is 10.3 Å². The van der Waals surface area contributed by atoms with Gasteiger partial charge in [0.1, 0.15) is 5.03 Å². The van der Waals surface area contributed by atoms with Gasteiger partial charge in [0.05, 0.1) is 15.8 Å². The minimum absolute atomic E-state index is 0.101. The van der Waals surface area contributed by atoms with E-state index in [1.165, 1.54) is 0 Å². The lowest BCUT2D eigenvalue weighted by atomic mass is 10.3. The van der Waals surface area contributed by atoms with Crippen LogP contribution in [-0.2, 0) is 11.0 Å². The number of carbonyl (C=O) groups excluding carboxylic acids is 1. The van der Waals surface area contributed by atoms with Crippen LogP contribution in [-0.4, -0.2) is 22.2 Å². The smallest absolute Gasteiger partial charge is 0.352 e. The van der Waals surface area contributed by atoms with Crippen LogP contribution < -0.4 is 5.32 Å². The normalized spacial score (nSPS) is 16.9. The van der Waals surface area contributed by atoms with Crippen molar-refractivity contribution in [2.24, 2.45) is 0 Å². The first-order chi connectivity index (χ1) is 9.27. The standard InChI is InChI=1S/C12H12ClF3N2OS/c1-6(10(19)18-8-2-3-8)20-11-9(13)4-7(5-17-11)12(14,15)16/h4-6,8H,2-3H2,1H3,(H,18,19)/t6-/m1/s1. The van der Waals surface area contributed by atoms with E-state index in [0.717, 1.165) is 36.9 Å². The fourth-order valence-electron chi connectivity index (χ4n) is 1.43. The quantitative estimate of drug-likeness (QED) is 0.862. The summed E-state index contributed by atoms with van der Waals surface area (Å²) >= 11 is 6.83. The zero-order valence-electron chi connectivity index (χ0n) is 10.5. The van der Waals surface area contributed by atoms with Gasteiger partial charge in [0.15, 0.2) is 0 Å². The molecule has 1 saturated carbocycles. The van der Waals surface area contributed by atoms with Crippen LogP contribution in [0.5, 0.6) is 0 Å². The monoisotopic (exact) mass is 324 g/mol. The van der Waals surface area contributed by atoms with E-state index in [2.05, 4.69) is 10.3 Å². The second-order valence-corrected chi connectivity index (χ2v) is 6.29. The maximum atomic E-state index is 12.5. The zero-order valence-corrected chi connectivity index (χ0v) is 12.1. The van der Waals surface area contributed by atoms with Crippen molar-refractivity contribution >= 4 is 29.3 Å². The fourth-order valence-corrected chi connectivity index (χ4v) is 2.53. The van der Waals surface area contributed by atoms with Gasteiger partial charge >= 0.3 is 6.18 Å². The third-order valence-corrected chi connectivity index (χ3v) is 4.23. The number of amides is 1. The number of thioether (sulfide) groups is 1. The van der Waals surface area contributed by atoms with E-state index in [-0.39, 0.29) is 22.0 Å². The summed E-state index contributed by atoms with van der Waals surface area (Å²) in [7, 11) is 0. The van der Waals surface area contributed by atoms with Crippen molar-refractivity contribution in [2.45, 2.75) is 42.3 Å². The molecule has 1 aromatic heterocycles. The van der Waals surface area contributed by atoms with Crippen molar-refractivity contribution in [2.75, 3.05) is 0 Å². The molecule has 2 rings (SSSR count). The minimum Gasteiger partial charge on any atom is -0.352 e. The molecule has 1 aliphatic rings. The van der Waals surface area contributed by atoms with Crippen LogP contribution in [0.25, 0.3) is 0 Å². The summed E-state index contributed by atoms with van der Waals surface area (Å²) < 4.78 is 37.4. The highest BCUT2D eigenvalue weighted by Gasteiger charge is 2.32. The molecule has 0 radical (unpaired) electrons. The molecular formula is C12H12ClF3N2OS. The number of carbonyl (C=O) groups is 1. The lowest BCUT2D eigenvalue weighted by Gasteiger charge is -2.13. The molecule has 1 heterocycles. The van der Waals surface area contributed by atoms with E-state index >= 15 is 0 Å². The SMILES string of the molecule is C[C@@H](Sc1ncc(C(F)(F)F)cc1Cl)C(=O)NC1CC1. The highest BCUT2D eigenvalue weighted by Crippen LogP contribution is 2.35. The Hall–Kier alpha value is -0.950. The van der Waals surface area contributed by atoms with Crippen LogP contribution in [0.4, 0.5) is 13.2 Å². The Bertz CT molecular complexity index is 520. The first-order valence-corrected chi connectivity index (χ1v) is 7.23. The number of aromatic nitrogens is 1. The van der Waals surface area contributed by atoms with Crippen molar-refractivity contribution < 1.29 is 18.0 Å². The molecule has 0 saturated heterocycles. The molecule has 1 amide bonds. The van der Waals surface area contributed by atoms with Crippen molar-refractivity contribution in [3.63, 3.8) is 0 Å². The predicted molar refractivity (Wildman–Crippen MR) is 70.7 cm³/mol. The first-order valence-electron chi connectivity index (χ1n) is 5.97. The van der Waals surface area contributed by atoms with Gasteiger partial charge < -0.3 is 5.32 Å². The molecule has 1 N–H and O–H groups in total. The lowest BCUT2D eigenvalue weighted by Crippen LogP contribution is -2.32. The number of nitrogens with one attached hydrogen (secondary N) is 1. The van der Waals surface area contributed by atoms with Crippen LogP contribution >= 0.6 is 23.4 Å². The Kier molecular flexibility index (Phi) is 4.49. The lowest BCUT2D eigenvalue weighted by molar-refractivity contribution is -0.137. The van der Waals surface area contributed by atoms with E-state index < -0.39 is 17.0 Å². The van der Waals surface area contributed by atoms with Gasteiger partial charge in [0.2, 0.25) is 5.91 Å². The summed E-state index contributed by atoms with van der Waals surface area (Å²) in [4.78, 5) is 15.4. The zero-order chi connectivity index (χ0) is 14.9. The topological polar surface area (TPSA) is 42.0 Å². The summed E-state index contributed by atoms with van der Waals surface area (Å²) in [6.07, 6.45) is -1.81. The van der Waals surface area contributed by atoms with Crippen LogP contribution in [0.1, 0.15) is 25.3 Å². The molecule has 0 aromatic carbocycles. The number of nitrogens with zero attached hydrogens (tertiary/aromatic N) is 1. The maximum Gasteiger partial charge on any atom is 0.417 e. The second kappa shape index (κ2) is 5.81. The van der Waals surface area contributed by atoms with Gasteiger partial charge in [-0.1, -0.05) is 23.4 Å². The van der Waals surface area contributed by atoms with Gasteiger partial charge in [0.25, 0.3) is 0 Å². The number of hydrogen-bond acceptors (Lipinski definition) is 3. The van der Waals surface area contributed by atoms with E-state index in [0.29, 0.717) is 0 Å². The molecule has 8 heteroatoms. The summed E-state index contributed by atoms with van der Waals surface area (Å²) in [6, 6.07) is 1.06. The number of hydrogen-bond donors (Lipinski definition) is 1. The van der Waals surface area contributed by atoms with E-state index in [4.69, 9.17) is 11.6 Å². The summed E-state index contributed by atoms with van der Waals surface area (Å²) in [6.45, 7) is 1.66. The molecule has 0 unspecified atom stereocenters. The van der Waals surface area contributed by atoms with Crippen molar-refractivity contribution in [1.29, 1.82) is 0 Å². The minimum atomic E-state index is -4.48. The highest BCUT2D eigenvalue weighted by atomic mass is 35.5. The maximum absolute atomic E-state index is 12.5. The van der Waals surface area contributed by atoms with Crippen molar-refractivity contribution in [3.05, 3.63) is 22.8 Å². The molecular weight excluding hydrogens is 313 g/mol. The Morgan fingerprint density at radius 3 is 2.70 bits per heavy atom. The third-order valence-electron chi connectivity index (χ3n) is 2.72. The largest absolute Gasteiger partial charge is 0.417 e. The van der Waals surface area contributed by atoms with E-state index in [1.54, 1.807) is 6.92 Å². The Morgan fingerprint density at radius 2 is 2.20 bits per heavy atom. The molecule has 1 atom stereocenters. The molecule has 0 bridgehead atoms. The molecule has 20 heavy (non-hydrogen) atoms. The van der Waals surface area contributed by atoms with Crippen LogP contribution in [0.2, 0.25) is 5.02 Å². The van der Waals surface area contributed by atoms with Crippen molar-refractivity contribution in [3.8, 4) is 0 Å². The van der Waals surface area contributed by atoms with Gasteiger partial charge in [0, 0.05) is 12.2 Å². The molecule has 110 valence electrons. The molecule has 0 aliphatic heterocycles. The molecule has 1 aromatic rings. The summed E-state index contributed by atoms with van der Waals surface area (Å²) in [5, 5.41) is 2.48. The number of alkyl halides is 3. The second-order valence-electron chi connectivity index (χ2n) is 4.55. The molecule has 1 aliphatic carbocycles. The predicted octanol–water partition coefficient (Wildman–Crippen LogP) is 3.51. The molecule has 0 spiro atoms. The van der Waals surface area contributed by atoms with Crippen LogP contribution in [0.15, 0.2) is 17.3 Å². The summed E-state index contributed by atoms with van der Waals surface area (Å²) in [5.74, 6) is -0.157. The van der Waals surface area contributed by atoms with Gasteiger partial charge in [-0.05, 0) is 25.8 Å². The average molecular weight is 325 g/mol. The van der Waals surface area contributed by atoms with E-state index in [1.807, 2.05) is 0 Å². The van der Waals surface area contributed by atoms with E-state index in [9.17, 15) is 18.0 Å². The number of halogens is 4. The van der Waals surface area contributed by atoms with Gasteiger partial charge in [-0.15, -0.1) is 0 Å². The molecule has 1 fully saturated rings. The first kappa shape index (κ1) is 15.4. The number of rotatable bonds is 4. The number of pyridine rings is 1. The average Bonchev–Trinajstić information content (AvgIpc) is 3.14. The fraction of sp³-hybridized carbons (Fsp3) is 0.500. The Balaban J connectivity index is 2.03. The van der Waals surface area contributed by atoms with Gasteiger partial charge in [-0.3, -0.25) is 4.79 Å².